The van der Waals surface area contributed by atoms with Gasteiger partial charge in [-0.1, -0.05) is 27.2 Å². The molecule has 0 radical (unpaired) electrons. The van der Waals surface area contributed by atoms with E-state index in [1.807, 2.05) is 0 Å². The maximum atomic E-state index is 6.02. The molecule has 5 rings (SSSR count). The second-order valence-corrected chi connectivity index (χ2v) is 10.4. The van der Waals surface area contributed by atoms with Crippen molar-refractivity contribution in [3.63, 3.8) is 0 Å². The molecule has 1 heteroatoms. The second-order valence-electron chi connectivity index (χ2n) is 10.4. The molecule has 5 unspecified atom stereocenters. The van der Waals surface area contributed by atoms with Gasteiger partial charge in [0.05, 0.1) is 12.2 Å². The van der Waals surface area contributed by atoms with Crippen LogP contribution in [0.2, 0.25) is 0 Å². The fraction of sp³-hybridized carbons (Fsp3) is 1.00. The Hall–Kier alpha value is -0.0400. The molecule has 5 fully saturated rings. The largest absolute Gasteiger partial charge is 0.369 e. The van der Waals surface area contributed by atoms with E-state index >= 15 is 0 Å². The first-order chi connectivity index (χ1) is 9.90. The van der Waals surface area contributed by atoms with Gasteiger partial charge in [0.2, 0.25) is 0 Å². The molecule has 0 amide bonds. The van der Waals surface area contributed by atoms with Crippen LogP contribution >= 0.6 is 0 Å². The van der Waals surface area contributed by atoms with Gasteiger partial charge in [-0.2, -0.15) is 0 Å². The second kappa shape index (κ2) is 3.71. The molecule has 4 saturated carbocycles. The van der Waals surface area contributed by atoms with Crippen molar-refractivity contribution in [3.05, 3.63) is 0 Å². The lowest BCUT2D eigenvalue weighted by Crippen LogP contribution is -2.55. The molecule has 6 atom stereocenters. The summed E-state index contributed by atoms with van der Waals surface area (Å²) in [4.78, 5) is 0. The summed E-state index contributed by atoms with van der Waals surface area (Å²) in [7, 11) is 0. The zero-order valence-corrected chi connectivity index (χ0v) is 14.2. The van der Waals surface area contributed by atoms with Crippen LogP contribution in [0.1, 0.15) is 78.6 Å². The van der Waals surface area contributed by atoms with Crippen molar-refractivity contribution in [3.8, 4) is 0 Å². The molecule has 0 aromatic rings. The van der Waals surface area contributed by atoms with Crippen LogP contribution in [0.15, 0.2) is 0 Å². The van der Waals surface area contributed by atoms with Crippen molar-refractivity contribution in [2.75, 3.05) is 6.61 Å². The maximum Gasteiger partial charge on any atom is 0.0950 e. The molecule has 1 aliphatic heterocycles. The Kier molecular flexibility index (Phi) is 2.37. The van der Waals surface area contributed by atoms with E-state index in [-0.39, 0.29) is 0 Å². The van der Waals surface area contributed by atoms with Crippen LogP contribution in [0.3, 0.4) is 0 Å². The lowest BCUT2D eigenvalue weighted by atomic mass is 9.41. The third-order valence-electron chi connectivity index (χ3n) is 9.11. The molecular formula is C20H32O. The minimum atomic E-state index is 0.377. The number of rotatable bonds is 0. The van der Waals surface area contributed by atoms with Crippen LogP contribution in [-0.2, 0) is 4.74 Å². The fourth-order valence-corrected chi connectivity index (χ4v) is 8.35. The Morgan fingerprint density at radius 1 is 0.905 bits per heavy atom. The van der Waals surface area contributed by atoms with Gasteiger partial charge in [0.1, 0.15) is 0 Å². The normalized spacial score (nSPS) is 60.4. The molecule has 0 aromatic heterocycles. The third kappa shape index (κ3) is 1.53. The number of ether oxygens (including phenoxy) is 1. The minimum absolute atomic E-state index is 0.377. The first-order valence-electron chi connectivity index (χ1n) is 9.54. The Labute approximate surface area is 130 Å². The van der Waals surface area contributed by atoms with Gasteiger partial charge in [-0.05, 0) is 85.4 Å². The van der Waals surface area contributed by atoms with E-state index in [0.717, 1.165) is 24.4 Å². The summed E-state index contributed by atoms with van der Waals surface area (Å²) in [6, 6.07) is 0. The van der Waals surface area contributed by atoms with Gasteiger partial charge in [0, 0.05) is 0 Å². The number of hydrogen-bond donors (Lipinski definition) is 0. The Morgan fingerprint density at radius 2 is 1.71 bits per heavy atom. The molecule has 0 N–H and O–H groups in total. The van der Waals surface area contributed by atoms with Gasteiger partial charge in [0.25, 0.3) is 0 Å². The summed E-state index contributed by atoms with van der Waals surface area (Å²) in [5.41, 5.74) is 2.27. The fourth-order valence-electron chi connectivity index (χ4n) is 8.35. The lowest BCUT2D eigenvalue weighted by molar-refractivity contribution is -0.144. The van der Waals surface area contributed by atoms with Crippen molar-refractivity contribution >= 4 is 0 Å². The maximum absolute atomic E-state index is 6.02. The highest BCUT2D eigenvalue weighted by Crippen LogP contribution is 2.74. The van der Waals surface area contributed by atoms with Crippen LogP contribution in [0, 0.1) is 34.0 Å². The molecule has 118 valence electrons. The molecule has 0 aromatic carbocycles. The zero-order chi connectivity index (χ0) is 14.5. The van der Waals surface area contributed by atoms with Crippen LogP contribution in [0.5, 0.6) is 0 Å². The average molecular weight is 288 g/mol. The third-order valence-corrected chi connectivity index (χ3v) is 9.11. The molecule has 21 heavy (non-hydrogen) atoms. The monoisotopic (exact) mass is 288 g/mol. The molecule has 4 aliphatic carbocycles. The molecule has 1 heterocycles. The van der Waals surface area contributed by atoms with Crippen molar-refractivity contribution in [2.24, 2.45) is 34.0 Å². The summed E-state index contributed by atoms with van der Waals surface area (Å²) in [6.45, 7) is 8.93. The smallest absolute Gasteiger partial charge is 0.0950 e. The molecule has 2 spiro atoms. The highest BCUT2D eigenvalue weighted by Gasteiger charge is 2.70. The molecule has 1 saturated heterocycles. The summed E-state index contributed by atoms with van der Waals surface area (Å²) in [5, 5.41) is 0. The van der Waals surface area contributed by atoms with E-state index in [0.29, 0.717) is 21.8 Å². The van der Waals surface area contributed by atoms with Gasteiger partial charge < -0.3 is 4.74 Å². The van der Waals surface area contributed by atoms with Gasteiger partial charge in [-0.25, -0.2) is 0 Å². The predicted octanol–water partition coefficient (Wildman–Crippen LogP) is 5.19. The summed E-state index contributed by atoms with van der Waals surface area (Å²) < 4.78 is 6.02. The highest BCUT2D eigenvalue weighted by atomic mass is 16.6. The van der Waals surface area contributed by atoms with E-state index in [4.69, 9.17) is 4.74 Å². The number of hydrogen-bond acceptors (Lipinski definition) is 1. The number of fused-ring (bicyclic) bond motifs is 4. The van der Waals surface area contributed by atoms with Gasteiger partial charge in [-0.3, -0.25) is 0 Å². The van der Waals surface area contributed by atoms with Crippen molar-refractivity contribution < 1.29 is 4.74 Å². The standard InChI is InChI=1S/C20H32O/c1-17(2)8-4-9-18(3)15(17)7-10-19-11-14(5-6-16(18)19)20(12-19)13-21-20/h14-16H,4-13H2,1-3H3/t14?,15?,16?,18-,19?,20?/m1/s1. The van der Waals surface area contributed by atoms with Crippen molar-refractivity contribution in [1.29, 1.82) is 0 Å². The average Bonchev–Trinajstić information content (AvgIpc) is 3.13. The van der Waals surface area contributed by atoms with Crippen LogP contribution in [-0.4, -0.2) is 12.2 Å². The number of epoxide rings is 1. The molecule has 1 nitrogen and oxygen atoms in total. The SMILES string of the molecule is CC1(C)CCC[C@]2(C)C1CCC13CC(CCC12)C1(CO1)C3. The van der Waals surface area contributed by atoms with Gasteiger partial charge >= 0.3 is 0 Å². The van der Waals surface area contributed by atoms with Crippen molar-refractivity contribution in [2.45, 2.75) is 84.2 Å². The van der Waals surface area contributed by atoms with Gasteiger partial charge in [0.15, 0.2) is 0 Å². The Balaban J connectivity index is 1.55. The molecule has 2 bridgehead atoms. The van der Waals surface area contributed by atoms with Crippen LogP contribution in [0.25, 0.3) is 0 Å². The predicted molar refractivity (Wildman–Crippen MR) is 85.0 cm³/mol. The van der Waals surface area contributed by atoms with E-state index < -0.39 is 0 Å². The van der Waals surface area contributed by atoms with E-state index in [1.165, 1.54) is 57.8 Å². The Morgan fingerprint density at radius 3 is 2.48 bits per heavy atom. The van der Waals surface area contributed by atoms with E-state index in [2.05, 4.69) is 20.8 Å². The highest BCUT2D eigenvalue weighted by molar-refractivity contribution is 5.19. The summed E-state index contributed by atoms with van der Waals surface area (Å²) in [5.74, 6) is 2.90. The summed E-state index contributed by atoms with van der Waals surface area (Å²) >= 11 is 0. The molecule has 5 aliphatic rings. The van der Waals surface area contributed by atoms with Crippen LogP contribution in [0.4, 0.5) is 0 Å². The topological polar surface area (TPSA) is 12.5 Å². The summed E-state index contributed by atoms with van der Waals surface area (Å²) in [6.07, 6.45) is 13.4. The van der Waals surface area contributed by atoms with E-state index in [9.17, 15) is 0 Å². The van der Waals surface area contributed by atoms with E-state index in [1.54, 1.807) is 0 Å². The Bertz CT molecular complexity index is 476. The first kappa shape index (κ1) is 13.4. The minimum Gasteiger partial charge on any atom is -0.369 e. The van der Waals surface area contributed by atoms with Crippen LogP contribution < -0.4 is 0 Å². The zero-order valence-electron chi connectivity index (χ0n) is 14.2. The van der Waals surface area contributed by atoms with Crippen molar-refractivity contribution in [1.82, 2.24) is 0 Å². The molecular weight excluding hydrogens is 256 g/mol. The van der Waals surface area contributed by atoms with Gasteiger partial charge in [-0.15, -0.1) is 0 Å². The lowest BCUT2D eigenvalue weighted by Gasteiger charge is -2.64. The quantitative estimate of drug-likeness (QED) is 0.559. The first-order valence-corrected chi connectivity index (χ1v) is 9.54.